The van der Waals surface area contributed by atoms with Crippen molar-refractivity contribution in [1.82, 2.24) is 10.2 Å². The lowest BCUT2D eigenvalue weighted by Gasteiger charge is -2.27. The van der Waals surface area contributed by atoms with Crippen LogP contribution in [-0.4, -0.2) is 42.1 Å². The fraction of sp³-hybridized carbons (Fsp3) is 0.235. The van der Waals surface area contributed by atoms with Crippen molar-refractivity contribution in [2.75, 3.05) is 26.2 Å². The predicted octanol–water partition coefficient (Wildman–Crippen LogP) is 4.96. The number of ether oxygens (including phenoxy) is 1. The molecule has 0 unspecified atom stereocenters. The van der Waals surface area contributed by atoms with Gasteiger partial charge in [0.1, 0.15) is 11.5 Å². The number of piperazine rings is 1. The van der Waals surface area contributed by atoms with Crippen LogP contribution < -0.4 is 10.1 Å². The van der Waals surface area contributed by atoms with E-state index in [0.29, 0.717) is 26.0 Å². The molecule has 3 rings (SSSR count). The fourth-order valence-electron chi connectivity index (χ4n) is 2.54. The van der Waals surface area contributed by atoms with Gasteiger partial charge in [0.05, 0.1) is 16.1 Å². The average molecular weight is 708 g/mol. The molecule has 0 saturated carbocycles. The highest BCUT2D eigenvalue weighted by Crippen LogP contribution is 2.42. The summed E-state index contributed by atoms with van der Waals surface area (Å²) in [6, 6.07) is 6.96. The van der Waals surface area contributed by atoms with Crippen molar-refractivity contribution in [1.29, 1.82) is 0 Å². The standard InChI is InChI=1S/C17H14Br2I2N2O3/c18-14-12(24)1-2-13(15(14)19)26-16-10(20)7-9(8-11(16)21)17(25)23-5-3-22-4-6-23/h1-2,7-8,22,24H,3-6H2. The Morgan fingerprint density at radius 3 is 2.35 bits per heavy atom. The van der Waals surface area contributed by atoms with Crippen LogP contribution in [0.3, 0.4) is 0 Å². The number of halogens is 4. The van der Waals surface area contributed by atoms with E-state index < -0.39 is 0 Å². The smallest absolute Gasteiger partial charge is 0.254 e. The minimum atomic E-state index is 0.0439. The molecule has 0 aromatic heterocycles. The molecule has 1 aliphatic heterocycles. The fourth-order valence-corrected chi connectivity index (χ4v) is 5.27. The second kappa shape index (κ2) is 8.93. The van der Waals surface area contributed by atoms with Crippen LogP contribution in [0.25, 0.3) is 0 Å². The monoisotopic (exact) mass is 706 g/mol. The first kappa shape index (κ1) is 20.6. The van der Waals surface area contributed by atoms with Crippen molar-refractivity contribution in [2.45, 2.75) is 0 Å². The van der Waals surface area contributed by atoms with E-state index in [1.807, 2.05) is 17.0 Å². The van der Waals surface area contributed by atoms with Crippen molar-refractivity contribution in [3.05, 3.63) is 45.9 Å². The Morgan fingerprint density at radius 1 is 1.12 bits per heavy atom. The highest BCUT2D eigenvalue weighted by Gasteiger charge is 2.21. The number of carbonyl (C=O) groups excluding carboxylic acids is 1. The first-order valence-electron chi connectivity index (χ1n) is 7.72. The Bertz CT molecular complexity index is 835. The van der Waals surface area contributed by atoms with Crippen LogP contribution in [0.2, 0.25) is 0 Å². The van der Waals surface area contributed by atoms with Crippen LogP contribution in [0.4, 0.5) is 0 Å². The summed E-state index contributed by atoms with van der Waals surface area (Å²) >= 11 is 11.1. The van der Waals surface area contributed by atoms with E-state index in [0.717, 1.165) is 33.3 Å². The first-order chi connectivity index (χ1) is 12.4. The van der Waals surface area contributed by atoms with Crippen LogP contribution in [-0.2, 0) is 0 Å². The van der Waals surface area contributed by atoms with Gasteiger partial charge in [-0.25, -0.2) is 0 Å². The van der Waals surface area contributed by atoms with Gasteiger partial charge in [0.25, 0.3) is 5.91 Å². The van der Waals surface area contributed by atoms with Gasteiger partial charge in [0.15, 0.2) is 5.75 Å². The van der Waals surface area contributed by atoms with Gasteiger partial charge in [-0.05, 0) is 101 Å². The summed E-state index contributed by atoms with van der Waals surface area (Å²) in [5.41, 5.74) is 0.666. The zero-order valence-electron chi connectivity index (χ0n) is 13.4. The number of rotatable bonds is 3. The summed E-state index contributed by atoms with van der Waals surface area (Å²) in [5, 5.41) is 13.0. The van der Waals surface area contributed by atoms with Gasteiger partial charge in [0.2, 0.25) is 0 Å². The topological polar surface area (TPSA) is 61.8 Å². The lowest BCUT2D eigenvalue weighted by molar-refractivity contribution is 0.0735. The molecule has 2 aromatic carbocycles. The maximum absolute atomic E-state index is 12.7. The second-order valence-corrected chi connectivity index (χ2v) is 9.53. The van der Waals surface area contributed by atoms with E-state index >= 15 is 0 Å². The molecule has 0 atom stereocenters. The van der Waals surface area contributed by atoms with Crippen molar-refractivity contribution >= 4 is 82.9 Å². The van der Waals surface area contributed by atoms with Gasteiger partial charge in [-0.2, -0.15) is 0 Å². The molecule has 138 valence electrons. The molecular formula is C17H14Br2I2N2O3. The van der Waals surface area contributed by atoms with Crippen molar-refractivity contribution in [3.8, 4) is 17.2 Å². The van der Waals surface area contributed by atoms with Gasteiger partial charge in [-0.3, -0.25) is 4.79 Å². The summed E-state index contributed by atoms with van der Waals surface area (Å²) in [6.07, 6.45) is 0. The average Bonchev–Trinajstić information content (AvgIpc) is 2.64. The molecule has 1 amide bonds. The molecule has 26 heavy (non-hydrogen) atoms. The first-order valence-corrected chi connectivity index (χ1v) is 11.5. The number of carbonyl (C=O) groups is 1. The molecular weight excluding hydrogens is 694 g/mol. The molecule has 0 spiro atoms. The summed E-state index contributed by atoms with van der Waals surface area (Å²) in [5.74, 6) is 1.43. The summed E-state index contributed by atoms with van der Waals surface area (Å²) in [7, 11) is 0. The molecule has 0 radical (unpaired) electrons. The highest BCUT2D eigenvalue weighted by atomic mass is 127. The van der Waals surface area contributed by atoms with Crippen LogP contribution in [0.5, 0.6) is 17.2 Å². The molecule has 1 aliphatic rings. The van der Waals surface area contributed by atoms with Crippen LogP contribution in [0, 0.1) is 7.14 Å². The maximum Gasteiger partial charge on any atom is 0.254 e. The van der Waals surface area contributed by atoms with Crippen LogP contribution in [0.1, 0.15) is 10.4 Å². The van der Waals surface area contributed by atoms with Crippen molar-refractivity contribution < 1.29 is 14.6 Å². The SMILES string of the molecule is O=C(c1cc(I)c(Oc2ccc(O)c(Br)c2Br)c(I)c1)N1CCNCC1. The van der Waals surface area contributed by atoms with E-state index in [2.05, 4.69) is 82.4 Å². The number of hydrogen-bond acceptors (Lipinski definition) is 4. The van der Waals surface area contributed by atoms with Gasteiger partial charge >= 0.3 is 0 Å². The number of hydrogen-bond donors (Lipinski definition) is 2. The van der Waals surface area contributed by atoms with E-state index in [-0.39, 0.29) is 11.7 Å². The zero-order chi connectivity index (χ0) is 18.8. The number of nitrogens with one attached hydrogen (secondary N) is 1. The zero-order valence-corrected chi connectivity index (χ0v) is 20.8. The lowest BCUT2D eigenvalue weighted by Crippen LogP contribution is -2.46. The van der Waals surface area contributed by atoms with Crippen LogP contribution in [0.15, 0.2) is 33.2 Å². The second-order valence-electron chi connectivity index (χ2n) is 5.62. The Balaban J connectivity index is 1.88. The minimum Gasteiger partial charge on any atom is -0.507 e. The van der Waals surface area contributed by atoms with Crippen molar-refractivity contribution in [2.24, 2.45) is 0 Å². The minimum absolute atomic E-state index is 0.0439. The van der Waals surface area contributed by atoms with Gasteiger partial charge in [0, 0.05) is 31.7 Å². The van der Waals surface area contributed by atoms with Gasteiger partial charge in [-0.1, -0.05) is 0 Å². The molecule has 2 N–H and O–H groups in total. The van der Waals surface area contributed by atoms with E-state index in [4.69, 9.17) is 4.74 Å². The third-order valence-electron chi connectivity index (χ3n) is 3.89. The van der Waals surface area contributed by atoms with Gasteiger partial charge in [-0.15, -0.1) is 0 Å². The molecule has 0 bridgehead atoms. The number of phenols is 1. The number of amides is 1. The quantitative estimate of drug-likeness (QED) is 0.443. The van der Waals surface area contributed by atoms with Gasteiger partial charge < -0.3 is 20.1 Å². The normalized spacial score (nSPS) is 14.4. The third kappa shape index (κ3) is 4.47. The highest BCUT2D eigenvalue weighted by molar-refractivity contribution is 14.1. The summed E-state index contributed by atoms with van der Waals surface area (Å²) < 4.78 is 8.91. The molecule has 9 heteroatoms. The molecule has 0 aliphatic carbocycles. The maximum atomic E-state index is 12.7. The number of benzene rings is 2. The molecule has 5 nitrogen and oxygen atoms in total. The Labute approximate surface area is 195 Å². The number of nitrogens with zero attached hydrogens (tertiary/aromatic N) is 1. The van der Waals surface area contributed by atoms with E-state index in [1.54, 1.807) is 12.1 Å². The summed E-state index contributed by atoms with van der Waals surface area (Å²) in [6.45, 7) is 3.09. The largest absolute Gasteiger partial charge is 0.507 e. The Kier molecular flexibility index (Phi) is 7.08. The third-order valence-corrected chi connectivity index (χ3v) is 7.61. The molecule has 1 fully saturated rings. The molecule has 2 aromatic rings. The number of phenolic OH excluding ortho intramolecular Hbond substituents is 1. The Morgan fingerprint density at radius 2 is 1.73 bits per heavy atom. The number of aromatic hydroxyl groups is 1. The van der Waals surface area contributed by atoms with Crippen LogP contribution >= 0.6 is 77.0 Å². The predicted molar refractivity (Wildman–Crippen MR) is 124 cm³/mol. The van der Waals surface area contributed by atoms with E-state index in [9.17, 15) is 9.90 Å². The Hall–Kier alpha value is -0.110. The lowest BCUT2D eigenvalue weighted by atomic mass is 10.1. The molecule has 1 heterocycles. The van der Waals surface area contributed by atoms with Crippen molar-refractivity contribution in [3.63, 3.8) is 0 Å². The summed E-state index contributed by atoms with van der Waals surface area (Å²) in [4.78, 5) is 14.6. The molecule has 1 saturated heterocycles. The van der Waals surface area contributed by atoms with E-state index in [1.165, 1.54) is 0 Å².